The van der Waals surface area contributed by atoms with Crippen LogP contribution in [-0.4, -0.2) is 34.1 Å². The maximum Gasteiger partial charge on any atom is 0.367 e. The Hall–Kier alpha value is -4.50. The van der Waals surface area contributed by atoms with Gasteiger partial charge in [-0.1, -0.05) is 59.3 Å². The van der Waals surface area contributed by atoms with E-state index in [-0.39, 0.29) is 12.2 Å². The van der Waals surface area contributed by atoms with E-state index in [1.165, 1.54) is 9.20 Å². The molecule has 0 fully saturated rings. The fourth-order valence-corrected chi connectivity index (χ4v) is 3.78. The third kappa shape index (κ3) is 4.49. The molecule has 10 heteroatoms. The first-order valence-corrected chi connectivity index (χ1v) is 11.2. The SMILES string of the molecule is C\C=C/C(=C\C=C\Cn1nc2c(-n3ccnc3)c(-c3ccc(Cl)cc3)cnn2c1=O)c1ccno1. The van der Waals surface area contributed by atoms with Gasteiger partial charge in [-0.05, 0) is 24.6 Å². The number of halogens is 1. The third-order valence-corrected chi connectivity index (χ3v) is 5.52. The van der Waals surface area contributed by atoms with Crippen LogP contribution in [0.3, 0.4) is 0 Å². The van der Waals surface area contributed by atoms with Crippen molar-refractivity contribution in [2.45, 2.75) is 13.5 Å². The molecule has 0 spiro atoms. The number of aromatic nitrogens is 7. The fourth-order valence-electron chi connectivity index (χ4n) is 3.65. The van der Waals surface area contributed by atoms with Crippen LogP contribution in [0.1, 0.15) is 12.7 Å². The summed E-state index contributed by atoms with van der Waals surface area (Å²) in [4.78, 5) is 17.2. The largest absolute Gasteiger partial charge is 0.367 e. The molecule has 174 valence electrons. The van der Waals surface area contributed by atoms with Gasteiger partial charge in [0.2, 0.25) is 5.65 Å². The predicted molar refractivity (Wildman–Crippen MR) is 133 cm³/mol. The second kappa shape index (κ2) is 9.78. The van der Waals surface area contributed by atoms with Crippen LogP contribution in [0.4, 0.5) is 0 Å². The molecule has 0 amide bonds. The van der Waals surface area contributed by atoms with E-state index in [0.717, 1.165) is 16.7 Å². The van der Waals surface area contributed by atoms with Crippen LogP contribution < -0.4 is 5.69 Å². The topological polar surface area (TPSA) is 96.0 Å². The lowest BCUT2D eigenvalue weighted by molar-refractivity contribution is 0.411. The zero-order chi connectivity index (χ0) is 24.2. The molecule has 0 bridgehead atoms. The minimum atomic E-state index is -0.346. The molecule has 0 aliphatic heterocycles. The summed E-state index contributed by atoms with van der Waals surface area (Å²) in [7, 11) is 0. The Kier molecular flexibility index (Phi) is 6.23. The number of rotatable bonds is 7. The van der Waals surface area contributed by atoms with Gasteiger partial charge in [0.1, 0.15) is 5.69 Å². The lowest BCUT2D eigenvalue weighted by atomic mass is 10.1. The van der Waals surface area contributed by atoms with Gasteiger partial charge < -0.3 is 9.09 Å². The molecule has 9 nitrogen and oxygen atoms in total. The summed E-state index contributed by atoms with van der Waals surface area (Å²) in [6.45, 7) is 2.19. The first-order chi connectivity index (χ1) is 17.2. The van der Waals surface area contributed by atoms with Crippen molar-refractivity contribution in [3.8, 4) is 16.8 Å². The van der Waals surface area contributed by atoms with Crippen molar-refractivity contribution in [2.75, 3.05) is 0 Å². The smallest absolute Gasteiger partial charge is 0.356 e. The summed E-state index contributed by atoms with van der Waals surface area (Å²) in [6.07, 6.45) is 17.8. The Bertz CT molecular complexity index is 1590. The average Bonchev–Trinajstić information content (AvgIpc) is 3.64. The van der Waals surface area contributed by atoms with E-state index in [9.17, 15) is 4.79 Å². The van der Waals surface area contributed by atoms with Gasteiger partial charge in [0, 0.05) is 34.6 Å². The maximum absolute atomic E-state index is 13.0. The summed E-state index contributed by atoms with van der Waals surface area (Å²) < 4.78 is 9.70. The fraction of sp³-hybridized carbons (Fsp3) is 0.0800. The van der Waals surface area contributed by atoms with Crippen LogP contribution in [-0.2, 0) is 6.54 Å². The van der Waals surface area contributed by atoms with E-state index >= 15 is 0 Å². The van der Waals surface area contributed by atoms with Gasteiger partial charge in [0.25, 0.3) is 0 Å². The lowest BCUT2D eigenvalue weighted by Crippen LogP contribution is -2.22. The second-order valence-electron chi connectivity index (χ2n) is 7.51. The summed E-state index contributed by atoms with van der Waals surface area (Å²) >= 11 is 6.07. The molecule has 5 rings (SSSR count). The average molecular weight is 486 g/mol. The van der Waals surface area contributed by atoms with Crippen LogP contribution in [0.15, 0.2) is 101 Å². The van der Waals surface area contributed by atoms with E-state index < -0.39 is 0 Å². The van der Waals surface area contributed by atoms with E-state index in [0.29, 0.717) is 22.1 Å². The zero-order valence-corrected chi connectivity index (χ0v) is 19.4. The van der Waals surface area contributed by atoms with Crippen molar-refractivity contribution < 1.29 is 4.52 Å². The van der Waals surface area contributed by atoms with Crippen molar-refractivity contribution in [1.82, 2.24) is 34.1 Å². The Labute approximate surface area is 204 Å². The number of imidazole rings is 1. The van der Waals surface area contributed by atoms with Crippen LogP contribution >= 0.6 is 11.6 Å². The standard InChI is InChI=1S/C25H20ClN7O2/c1-2-5-19(22-11-12-29-35-22)6-3-4-14-32-25(34)33-24(30-32)23(31-15-13-27-17-31)21(16-28-33)18-7-9-20(26)10-8-18/h2-13,15-17H,14H2,1H3/b4-3+,5-2-,19-6+. The highest BCUT2D eigenvalue weighted by molar-refractivity contribution is 6.30. The van der Waals surface area contributed by atoms with E-state index in [2.05, 4.69) is 20.3 Å². The van der Waals surface area contributed by atoms with Crippen molar-refractivity contribution in [2.24, 2.45) is 0 Å². The molecule has 0 atom stereocenters. The monoisotopic (exact) mass is 485 g/mol. The maximum atomic E-state index is 13.0. The molecule has 0 aliphatic rings. The second-order valence-corrected chi connectivity index (χ2v) is 7.95. The lowest BCUT2D eigenvalue weighted by Gasteiger charge is -2.10. The molecule has 5 aromatic rings. The van der Waals surface area contributed by atoms with Gasteiger partial charge in [-0.15, -0.1) is 5.10 Å². The van der Waals surface area contributed by atoms with Crippen molar-refractivity contribution >= 4 is 22.8 Å². The Morgan fingerprint density at radius 1 is 1.17 bits per heavy atom. The van der Waals surface area contributed by atoms with Gasteiger partial charge in [-0.3, -0.25) is 0 Å². The van der Waals surface area contributed by atoms with Crippen molar-refractivity contribution in [3.05, 3.63) is 113 Å². The molecule has 1 aromatic carbocycles. The van der Waals surface area contributed by atoms with Crippen LogP contribution in [0, 0.1) is 0 Å². The quantitative estimate of drug-likeness (QED) is 0.312. The van der Waals surface area contributed by atoms with Crippen molar-refractivity contribution in [3.63, 3.8) is 0 Å². The number of nitrogens with zero attached hydrogens (tertiary/aromatic N) is 7. The molecule has 0 radical (unpaired) electrons. The zero-order valence-electron chi connectivity index (χ0n) is 18.7. The van der Waals surface area contributed by atoms with Gasteiger partial charge in [-0.25, -0.2) is 14.5 Å². The molecule has 0 saturated carbocycles. The molecule has 0 saturated heterocycles. The molecule has 4 heterocycles. The first-order valence-electron chi connectivity index (χ1n) is 10.8. The normalized spacial score (nSPS) is 12.5. The number of hydrogen-bond donors (Lipinski definition) is 0. The Morgan fingerprint density at radius 2 is 2.03 bits per heavy atom. The minimum absolute atomic E-state index is 0.262. The number of allylic oxidation sites excluding steroid dienone is 6. The van der Waals surface area contributed by atoms with E-state index in [1.54, 1.807) is 37.2 Å². The summed E-state index contributed by atoms with van der Waals surface area (Å²) in [6, 6.07) is 9.20. The summed E-state index contributed by atoms with van der Waals surface area (Å²) in [5.74, 6) is 0.654. The highest BCUT2D eigenvalue weighted by Crippen LogP contribution is 2.29. The van der Waals surface area contributed by atoms with Crippen LogP contribution in [0.5, 0.6) is 0 Å². The number of hydrogen-bond acceptors (Lipinski definition) is 6. The molecular formula is C25H20ClN7O2. The van der Waals surface area contributed by atoms with Crippen LogP contribution in [0.25, 0.3) is 28.0 Å². The Morgan fingerprint density at radius 3 is 2.74 bits per heavy atom. The highest BCUT2D eigenvalue weighted by atomic mass is 35.5. The first kappa shape index (κ1) is 22.3. The number of fused-ring (bicyclic) bond motifs is 1. The van der Waals surface area contributed by atoms with Crippen molar-refractivity contribution in [1.29, 1.82) is 0 Å². The van der Waals surface area contributed by atoms with Gasteiger partial charge in [-0.2, -0.15) is 9.61 Å². The highest BCUT2D eigenvalue weighted by Gasteiger charge is 2.18. The summed E-state index contributed by atoms with van der Waals surface area (Å²) in [5.41, 5.74) is 3.32. The van der Waals surface area contributed by atoms with E-state index in [4.69, 9.17) is 16.1 Å². The predicted octanol–water partition coefficient (Wildman–Crippen LogP) is 4.60. The van der Waals surface area contributed by atoms with Gasteiger partial charge in [0.05, 0.1) is 25.3 Å². The number of benzene rings is 1. The summed E-state index contributed by atoms with van der Waals surface area (Å²) in [5, 5.41) is 13.3. The third-order valence-electron chi connectivity index (χ3n) is 5.26. The molecule has 0 unspecified atom stereocenters. The van der Waals surface area contributed by atoms with E-state index in [1.807, 2.05) is 66.1 Å². The molecule has 4 aromatic heterocycles. The Balaban J connectivity index is 1.54. The molecule has 0 N–H and O–H groups in total. The molecule has 35 heavy (non-hydrogen) atoms. The van der Waals surface area contributed by atoms with Gasteiger partial charge >= 0.3 is 5.69 Å². The van der Waals surface area contributed by atoms with Gasteiger partial charge in [0.15, 0.2) is 5.76 Å². The molecular weight excluding hydrogens is 466 g/mol. The molecule has 0 aliphatic carbocycles. The van der Waals surface area contributed by atoms with Crippen LogP contribution in [0.2, 0.25) is 5.02 Å². The minimum Gasteiger partial charge on any atom is -0.356 e.